The van der Waals surface area contributed by atoms with Gasteiger partial charge in [0.05, 0.1) is 22.3 Å². The smallest absolute Gasteiger partial charge is 0.275 e. The Balaban J connectivity index is 2.06. The van der Waals surface area contributed by atoms with Crippen LogP contribution in [0.15, 0.2) is 41.2 Å². The third kappa shape index (κ3) is 3.45. The van der Waals surface area contributed by atoms with Crippen LogP contribution < -0.4 is 5.56 Å². The lowest BCUT2D eigenvalue weighted by molar-refractivity contribution is 0.0780. The van der Waals surface area contributed by atoms with E-state index in [9.17, 15) is 9.59 Å². The molecule has 0 saturated carbocycles. The van der Waals surface area contributed by atoms with Crippen molar-refractivity contribution in [1.29, 1.82) is 0 Å². The molecule has 1 amide bonds. The number of carbonyl (C=O) groups excluding carboxylic acids is 1. The summed E-state index contributed by atoms with van der Waals surface area (Å²) < 4.78 is 2.05. The molecule has 2 heterocycles. The minimum absolute atomic E-state index is 0.134. The molecule has 0 fully saturated rings. The molecule has 0 radical (unpaired) electrons. The fraction of sp³-hybridized carbons (Fsp3) is 0.278. The van der Waals surface area contributed by atoms with E-state index in [4.69, 9.17) is 11.6 Å². The van der Waals surface area contributed by atoms with Crippen molar-refractivity contribution in [3.05, 3.63) is 61.7 Å². The van der Waals surface area contributed by atoms with Gasteiger partial charge in [0.15, 0.2) is 5.69 Å². The third-order valence-electron chi connectivity index (χ3n) is 3.89. The summed E-state index contributed by atoms with van der Waals surface area (Å²) in [7, 11) is 1.72. The number of carbonyl (C=O) groups is 1. The van der Waals surface area contributed by atoms with Gasteiger partial charge in [-0.15, -0.1) is 11.3 Å². The van der Waals surface area contributed by atoms with Crippen LogP contribution in [0.5, 0.6) is 0 Å². The Kier molecular flexibility index (Phi) is 4.92. The van der Waals surface area contributed by atoms with Crippen LogP contribution in [-0.4, -0.2) is 27.6 Å². The first kappa shape index (κ1) is 17.6. The normalized spacial score (nSPS) is 11.2. The third-order valence-corrected chi connectivity index (χ3v) is 5.10. The monoisotopic (exact) mass is 375 g/mol. The second-order valence-electron chi connectivity index (χ2n) is 6.10. The summed E-state index contributed by atoms with van der Waals surface area (Å²) in [5.41, 5.74) is 0.101. The van der Waals surface area contributed by atoms with Crippen LogP contribution in [0.4, 0.5) is 0 Å². The highest BCUT2D eigenvalue weighted by atomic mass is 35.5. The van der Waals surface area contributed by atoms with Crippen molar-refractivity contribution in [2.45, 2.75) is 26.4 Å². The molecular weight excluding hydrogens is 358 g/mol. The van der Waals surface area contributed by atoms with Crippen molar-refractivity contribution in [2.24, 2.45) is 0 Å². The molecule has 0 N–H and O–H groups in total. The molecular formula is C18H18ClN3O2S. The standard InChI is InChI=1S/C18H18ClN3O2S/c1-11(2)22-17(23)14-7-5-4-6-13(14)16(20-22)18(24)21(3)10-12-8-9-15(19)25-12/h4-9,11H,10H2,1-3H3. The van der Waals surface area contributed by atoms with Gasteiger partial charge in [-0.1, -0.05) is 29.8 Å². The Morgan fingerprint density at radius 3 is 2.52 bits per heavy atom. The zero-order chi connectivity index (χ0) is 18.1. The molecule has 3 rings (SSSR count). The minimum atomic E-state index is -0.227. The Hall–Kier alpha value is -2.18. The molecule has 0 spiro atoms. The average molecular weight is 376 g/mol. The summed E-state index contributed by atoms with van der Waals surface area (Å²) in [6.07, 6.45) is 0. The van der Waals surface area contributed by atoms with Crippen molar-refractivity contribution >= 4 is 39.6 Å². The van der Waals surface area contributed by atoms with Gasteiger partial charge >= 0.3 is 0 Å². The number of hydrogen-bond acceptors (Lipinski definition) is 4. The summed E-state index contributed by atoms with van der Waals surface area (Å²) >= 11 is 7.39. The van der Waals surface area contributed by atoms with Crippen molar-refractivity contribution in [2.75, 3.05) is 7.05 Å². The molecule has 0 atom stereocenters. The van der Waals surface area contributed by atoms with Crippen LogP contribution in [-0.2, 0) is 6.54 Å². The van der Waals surface area contributed by atoms with Gasteiger partial charge in [0, 0.05) is 17.3 Å². The molecule has 1 aromatic carbocycles. The maximum absolute atomic E-state index is 13.0. The minimum Gasteiger partial charge on any atom is -0.335 e. The number of fused-ring (bicyclic) bond motifs is 1. The first-order chi connectivity index (χ1) is 11.9. The van der Waals surface area contributed by atoms with Crippen molar-refractivity contribution in [1.82, 2.24) is 14.7 Å². The van der Waals surface area contributed by atoms with Crippen LogP contribution in [0.3, 0.4) is 0 Å². The molecule has 0 aliphatic heterocycles. The molecule has 0 saturated heterocycles. The van der Waals surface area contributed by atoms with Crippen molar-refractivity contribution in [3.63, 3.8) is 0 Å². The summed E-state index contributed by atoms with van der Waals surface area (Å²) in [5.74, 6) is -0.227. The number of nitrogens with zero attached hydrogens (tertiary/aromatic N) is 3. The summed E-state index contributed by atoms with van der Waals surface area (Å²) in [5, 5.41) is 5.43. The first-order valence-electron chi connectivity index (χ1n) is 7.89. The van der Waals surface area contributed by atoms with Crippen LogP contribution >= 0.6 is 22.9 Å². The van der Waals surface area contributed by atoms with Gasteiger partial charge in [-0.2, -0.15) is 5.10 Å². The van der Waals surface area contributed by atoms with E-state index >= 15 is 0 Å². The number of thiophene rings is 1. The number of halogens is 1. The van der Waals surface area contributed by atoms with Gasteiger partial charge in [-0.25, -0.2) is 4.68 Å². The highest BCUT2D eigenvalue weighted by Gasteiger charge is 2.21. The molecule has 7 heteroatoms. The topological polar surface area (TPSA) is 55.2 Å². The van der Waals surface area contributed by atoms with Crippen LogP contribution in [0.1, 0.15) is 35.3 Å². The lowest BCUT2D eigenvalue weighted by Crippen LogP contribution is -2.32. The Bertz CT molecular complexity index is 993. The lowest BCUT2D eigenvalue weighted by atomic mass is 10.1. The highest BCUT2D eigenvalue weighted by molar-refractivity contribution is 7.16. The fourth-order valence-electron chi connectivity index (χ4n) is 2.64. The van der Waals surface area contributed by atoms with Gasteiger partial charge < -0.3 is 4.90 Å². The van der Waals surface area contributed by atoms with Gasteiger partial charge in [0.1, 0.15) is 0 Å². The van der Waals surface area contributed by atoms with Crippen molar-refractivity contribution < 1.29 is 4.79 Å². The summed E-state index contributed by atoms with van der Waals surface area (Å²) in [6.45, 7) is 4.18. The number of rotatable bonds is 4. The summed E-state index contributed by atoms with van der Waals surface area (Å²) in [6, 6.07) is 10.7. The zero-order valence-electron chi connectivity index (χ0n) is 14.2. The van der Waals surface area contributed by atoms with Gasteiger partial charge in [0.25, 0.3) is 11.5 Å². The van der Waals surface area contributed by atoms with E-state index in [0.29, 0.717) is 21.7 Å². The second kappa shape index (κ2) is 6.98. The van der Waals surface area contributed by atoms with Gasteiger partial charge in [-0.3, -0.25) is 9.59 Å². The Morgan fingerprint density at radius 2 is 1.92 bits per heavy atom. The molecule has 130 valence electrons. The number of hydrogen-bond donors (Lipinski definition) is 0. The molecule has 0 unspecified atom stereocenters. The van der Waals surface area contributed by atoms with E-state index in [1.54, 1.807) is 36.2 Å². The Morgan fingerprint density at radius 1 is 1.24 bits per heavy atom. The SMILES string of the molecule is CC(C)n1nc(C(=O)N(C)Cc2ccc(Cl)s2)c2ccccc2c1=O. The maximum Gasteiger partial charge on any atom is 0.275 e. The molecule has 3 aromatic rings. The van der Waals surface area contributed by atoms with Crippen LogP contribution in [0.25, 0.3) is 10.8 Å². The van der Waals surface area contributed by atoms with Crippen molar-refractivity contribution in [3.8, 4) is 0 Å². The molecule has 2 aromatic heterocycles. The molecule has 0 aliphatic rings. The Labute approximate surface area is 154 Å². The fourth-order valence-corrected chi connectivity index (χ4v) is 3.78. The van der Waals surface area contributed by atoms with Crippen LogP contribution in [0.2, 0.25) is 4.34 Å². The number of aromatic nitrogens is 2. The quantitative estimate of drug-likeness (QED) is 0.693. The molecule has 5 nitrogen and oxygen atoms in total. The zero-order valence-corrected chi connectivity index (χ0v) is 15.8. The predicted octanol–water partition coefficient (Wildman–Crippen LogP) is 3.96. The van der Waals surface area contributed by atoms with E-state index < -0.39 is 0 Å². The second-order valence-corrected chi connectivity index (χ2v) is 7.90. The van der Waals surface area contributed by atoms with Crippen LogP contribution in [0, 0.1) is 0 Å². The van der Waals surface area contributed by atoms with E-state index in [2.05, 4.69) is 5.10 Å². The van der Waals surface area contributed by atoms with E-state index in [-0.39, 0.29) is 23.2 Å². The number of amides is 1. The van der Waals surface area contributed by atoms with Gasteiger partial charge in [0.2, 0.25) is 0 Å². The van der Waals surface area contributed by atoms with E-state index in [1.165, 1.54) is 16.0 Å². The largest absolute Gasteiger partial charge is 0.335 e. The highest BCUT2D eigenvalue weighted by Crippen LogP contribution is 2.23. The molecule has 25 heavy (non-hydrogen) atoms. The molecule has 0 aliphatic carbocycles. The summed E-state index contributed by atoms with van der Waals surface area (Å²) in [4.78, 5) is 28.1. The first-order valence-corrected chi connectivity index (χ1v) is 9.09. The average Bonchev–Trinajstić information content (AvgIpc) is 2.99. The van der Waals surface area contributed by atoms with E-state index in [1.807, 2.05) is 26.0 Å². The molecule has 0 bridgehead atoms. The lowest BCUT2D eigenvalue weighted by Gasteiger charge is -2.18. The maximum atomic E-state index is 13.0. The van der Waals surface area contributed by atoms with Gasteiger partial charge in [-0.05, 0) is 32.0 Å². The number of benzene rings is 1. The van der Waals surface area contributed by atoms with E-state index in [0.717, 1.165) is 4.88 Å². The predicted molar refractivity (Wildman–Crippen MR) is 102 cm³/mol.